The number of nitrogens with one attached hydrogen (secondary N) is 1. The Morgan fingerprint density at radius 1 is 1.27 bits per heavy atom. The van der Waals surface area contributed by atoms with Gasteiger partial charge in [-0.15, -0.1) is 11.3 Å². The molecular weight excluding hydrogens is 512 g/mol. The van der Waals surface area contributed by atoms with Crippen LogP contribution in [0, 0.1) is 5.92 Å². The summed E-state index contributed by atoms with van der Waals surface area (Å²) in [5, 5.41) is 10.3. The van der Waals surface area contributed by atoms with Gasteiger partial charge in [-0.1, -0.05) is 24.3 Å². The second kappa shape index (κ2) is 9.55. The third-order valence-corrected chi connectivity index (χ3v) is 9.06. The van der Waals surface area contributed by atoms with Crippen molar-refractivity contribution in [2.75, 3.05) is 18.5 Å². The van der Waals surface area contributed by atoms with E-state index in [0.717, 1.165) is 31.2 Å². The van der Waals surface area contributed by atoms with Crippen molar-refractivity contribution < 1.29 is 22.1 Å². The Balaban J connectivity index is 1.17. The third-order valence-electron chi connectivity index (χ3n) is 7.65. The number of nitrogens with zero attached hydrogens (tertiary/aromatic N) is 2. The molecule has 3 aliphatic rings. The average Bonchev–Trinajstić information content (AvgIpc) is 3.26. The SMILES string of the molecule is NS(=O)(=O)OC[C@@H]1CC[C@H](Nc2ncncc2C(=O)c2cc(C3OCC4(CC4)c4ccccc43)cs2)C1. The third kappa shape index (κ3) is 5.06. The van der Waals surface area contributed by atoms with Gasteiger partial charge in [0.2, 0.25) is 5.78 Å². The van der Waals surface area contributed by atoms with Crippen molar-refractivity contribution in [1.29, 1.82) is 0 Å². The summed E-state index contributed by atoms with van der Waals surface area (Å²) < 4.78 is 33.3. The van der Waals surface area contributed by atoms with Gasteiger partial charge >= 0.3 is 10.3 Å². The van der Waals surface area contributed by atoms with Gasteiger partial charge in [0.1, 0.15) is 18.2 Å². The molecule has 2 fully saturated rings. The number of hydrogen-bond acceptors (Lipinski definition) is 9. The predicted molar refractivity (Wildman–Crippen MR) is 139 cm³/mol. The molecule has 0 saturated heterocycles. The molecule has 37 heavy (non-hydrogen) atoms. The Kier molecular flexibility index (Phi) is 6.36. The summed E-state index contributed by atoms with van der Waals surface area (Å²) >= 11 is 1.40. The lowest BCUT2D eigenvalue weighted by Crippen LogP contribution is -2.26. The number of rotatable bonds is 8. The summed E-state index contributed by atoms with van der Waals surface area (Å²) in [6.45, 7) is 0.761. The summed E-state index contributed by atoms with van der Waals surface area (Å²) in [5.41, 5.74) is 4.12. The molecule has 3 N–H and O–H groups in total. The largest absolute Gasteiger partial charge is 0.368 e. The van der Waals surface area contributed by atoms with Crippen molar-refractivity contribution in [2.24, 2.45) is 11.1 Å². The molecule has 1 spiro atoms. The van der Waals surface area contributed by atoms with Crippen LogP contribution >= 0.6 is 11.3 Å². The maximum Gasteiger partial charge on any atom is 0.333 e. The summed E-state index contributed by atoms with van der Waals surface area (Å²) in [6, 6.07) is 10.4. The van der Waals surface area contributed by atoms with E-state index in [9.17, 15) is 13.2 Å². The molecule has 194 valence electrons. The van der Waals surface area contributed by atoms with Crippen LogP contribution in [0.25, 0.3) is 0 Å². The van der Waals surface area contributed by atoms with Crippen LogP contribution in [-0.4, -0.2) is 43.4 Å². The number of thiophene rings is 1. The van der Waals surface area contributed by atoms with Crippen LogP contribution in [0.2, 0.25) is 0 Å². The number of carbonyl (C=O) groups excluding carboxylic acids is 1. The highest BCUT2D eigenvalue weighted by molar-refractivity contribution is 7.84. The highest BCUT2D eigenvalue weighted by atomic mass is 32.2. The molecule has 2 aromatic heterocycles. The fourth-order valence-corrected chi connectivity index (χ4v) is 6.81. The molecule has 3 aromatic rings. The molecule has 1 aliphatic heterocycles. The Bertz CT molecular complexity index is 1440. The van der Waals surface area contributed by atoms with Crippen LogP contribution in [0.1, 0.15) is 70.1 Å². The molecule has 11 heteroatoms. The Morgan fingerprint density at radius 2 is 2.11 bits per heavy atom. The fraction of sp³-hybridized carbons (Fsp3) is 0.423. The fourth-order valence-electron chi connectivity index (χ4n) is 5.55. The second-order valence-corrected chi connectivity index (χ2v) is 12.3. The zero-order chi connectivity index (χ0) is 25.6. The summed E-state index contributed by atoms with van der Waals surface area (Å²) in [5.74, 6) is 0.391. The van der Waals surface area contributed by atoms with E-state index in [2.05, 4.69) is 33.5 Å². The first-order valence-electron chi connectivity index (χ1n) is 12.4. The Hall–Kier alpha value is -2.70. The predicted octanol–water partition coefficient (Wildman–Crippen LogP) is 3.72. The van der Waals surface area contributed by atoms with Crippen molar-refractivity contribution in [3.8, 4) is 0 Å². The minimum absolute atomic E-state index is 0.0383. The number of benzene rings is 1. The maximum absolute atomic E-state index is 13.5. The number of ether oxygens (including phenoxy) is 1. The number of anilines is 1. The summed E-state index contributed by atoms with van der Waals surface area (Å²) in [4.78, 5) is 22.6. The standard InChI is InChI=1S/C26H28N4O5S2/c27-37(32,33)35-12-16-5-6-18(9-16)30-25-20(11-28-15-29-25)23(31)22-10-17(13-36-22)24-19-3-1-2-4-21(19)26(7-8-26)14-34-24/h1-4,10-11,13,15-16,18,24H,5-9,12,14H2,(H2,27,32,33)(H,28,29,30)/t16-,18+,24?/m1/s1. The normalized spacial score (nSPS) is 24.1. The quantitative estimate of drug-likeness (QED) is 0.413. The number of fused-ring (bicyclic) bond motifs is 2. The first-order valence-corrected chi connectivity index (χ1v) is 14.7. The minimum atomic E-state index is -3.96. The van der Waals surface area contributed by atoms with Crippen LogP contribution in [-0.2, 0) is 24.6 Å². The molecular formula is C26H28N4O5S2. The monoisotopic (exact) mass is 540 g/mol. The topological polar surface area (TPSA) is 134 Å². The van der Waals surface area contributed by atoms with Gasteiger partial charge in [0, 0.05) is 17.7 Å². The molecule has 3 atom stereocenters. The number of nitrogens with two attached hydrogens (primary N) is 1. The molecule has 9 nitrogen and oxygen atoms in total. The molecule has 2 saturated carbocycles. The molecule has 6 rings (SSSR count). The van der Waals surface area contributed by atoms with Gasteiger partial charge < -0.3 is 10.1 Å². The van der Waals surface area contributed by atoms with Gasteiger partial charge in [-0.25, -0.2) is 15.1 Å². The van der Waals surface area contributed by atoms with Gasteiger partial charge in [-0.2, -0.15) is 8.42 Å². The van der Waals surface area contributed by atoms with E-state index in [4.69, 9.17) is 14.1 Å². The number of carbonyl (C=O) groups is 1. The van der Waals surface area contributed by atoms with Crippen LogP contribution in [0.4, 0.5) is 5.82 Å². The van der Waals surface area contributed by atoms with Gasteiger partial charge in [0.15, 0.2) is 0 Å². The minimum Gasteiger partial charge on any atom is -0.368 e. The van der Waals surface area contributed by atoms with Crippen molar-refractivity contribution in [2.45, 2.75) is 49.7 Å². The lowest BCUT2D eigenvalue weighted by Gasteiger charge is -2.32. The van der Waals surface area contributed by atoms with Crippen molar-refractivity contribution in [3.05, 3.63) is 75.4 Å². The zero-order valence-corrected chi connectivity index (χ0v) is 21.8. The zero-order valence-electron chi connectivity index (χ0n) is 20.1. The van der Waals surface area contributed by atoms with Crippen molar-refractivity contribution in [1.82, 2.24) is 9.97 Å². The lowest BCUT2D eigenvalue weighted by molar-refractivity contribution is 0.0469. The molecule has 1 unspecified atom stereocenters. The van der Waals surface area contributed by atoms with E-state index >= 15 is 0 Å². The van der Waals surface area contributed by atoms with Crippen LogP contribution < -0.4 is 10.5 Å². The van der Waals surface area contributed by atoms with Gasteiger partial charge in [0.05, 0.1) is 23.7 Å². The number of hydrogen-bond donors (Lipinski definition) is 2. The van der Waals surface area contributed by atoms with Crippen molar-refractivity contribution >= 4 is 33.2 Å². The Morgan fingerprint density at radius 3 is 2.92 bits per heavy atom. The van der Waals surface area contributed by atoms with Gasteiger partial charge in [0.25, 0.3) is 0 Å². The lowest BCUT2D eigenvalue weighted by atomic mass is 9.85. The van der Waals surface area contributed by atoms with Crippen molar-refractivity contribution in [3.63, 3.8) is 0 Å². The molecule has 3 heterocycles. The first kappa shape index (κ1) is 24.6. The van der Waals surface area contributed by atoms with Crippen LogP contribution in [0.15, 0.2) is 48.2 Å². The summed E-state index contributed by atoms with van der Waals surface area (Å²) in [6.07, 6.45) is 7.38. The van der Waals surface area contributed by atoms with E-state index < -0.39 is 10.3 Å². The molecule has 0 bridgehead atoms. The highest BCUT2D eigenvalue weighted by Gasteiger charge is 2.49. The number of ketones is 1. The van der Waals surface area contributed by atoms with Gasteiger partial charge in [-0.3, -0.25) is 8.98 Å². The molecule has 1 aromatic carbocycles. The smallest absolute Gasteiger partial charge is 0.333 e. The van der Waals surface area contributed by atoms with Gasteiger partial charge in [-0.05, 0) is 66.2 Å². The van der Waals surface area contributed by atoms with Crippen LogP contribution in [0.5, 0.6) is 0 Å². The second-order valence-electron chi connectivity index (χ2n) is 10.2. The highest BCUT2D eigenvalue weighted by Crippen LogP contribution is 2.55. The van der Waals surface area contributed by atoms with E-state index in [1.807, 2.05) is 17.5 Å². The maximum atomic E-state index is 13.5. The molecule has 0 amide bonds. The number of aromatic nitrogens is 2. The van der Waals surface area contributed by atoms with Crippen LogP contribution in [0.3, 0.4) is 0 Å². The average molecular weight is 541 g/mol. The van der Waals surface area contributed by atoms with E-state index in [1.54, 1.807) is 0 Å². The molecule has 0 radical (unpaired) electrons. The Labute approximate surface area is 219 Å². The van der Waals surface area contributed by atoms with E-state index in [0.29, 0.717) is 29.3 Å². The summed E-state index contributed by atoms with van der Waals surface area (Å²) in [7, 11) is -3.96. The first-order chi connectivity index (χ1) is 17.8. The van der Waals surface area contributed by atoms with E-state index in [-0.39, 0.29) is 35.9 Å². The van der Waals surface area contributed by atoms with E-state index in [1.165, 1.54) is 35.0 Å². The molecule has 2 aliphatic carbocycles.